The first-order chi connectivity index (χ1) is 12.1. The zero-order valence-corrected chi connectivity index (χ0v) is 13.9. The van der Waals surface area contributed by atoms with E-state index in [4.69, 9.17) is 0 Å². The molecule has 0 saturated heterocycles. The summed E-state index contributed by atoms with van der Waals surface area (Å²) in [5.41, 5.74) is 1.27. The normalized spacial score (nSPS) is 11.7. The smallest absolute Gasteiger partial charge is 0.252 e. The summed E-state index contributed by atoms with van der Waals surface area (Å²) in [6.07, 6.45) is 1.39. The molecule has 1 heterocycles. The van der Waals surface area contributed by atoms with E-state index in [1.807, 2.05) is 30.3 Å². The molecule has 3 rings (SSSR count). The van der Waals surface area contributed by atoms with Gasteiger partial charge >= 0.3 is 0 Å². The third-order valence-electron chi connectivity index (χ3n) is 3.48. The van der Waals surface area contributed by atoms with Gasteiger partial charge in [-0.25, -0.2) is 4.39 Å². The van der Waals surface area contributed by atoms with Crippen LogP contribution in [0.15, 0.2) is 84.0 Å². The standard InChI is InChI=1S/C19H15FN2O2S/c20-15-9-11-16(12-10-15)21-19(23)18(14-6-2-1-3-7-14)25-17-8-4-5-13-22(17)24/h1-13,18H,(H,21,23)/t18-/m0/s1. The Bertz CT molecular complexity index is 857. The molecule has 4 nitrogen and oxygen atoms in total. The summed E-state index contributed by atoms with van der Waals surface area (Å²) in [6, 6.07) is 19.8. The number of pyridine rings is 1. The molecule has 0 aliphatic rings. The van der Waals surface area contributed by atoms with Crippen molar-refractivity contribution in [2.24, 2.45) is 0 Å². The maximum absolute atomic E-state index is 13.0. The SMILES string of the molecule is O=C(Nc1ccc(F)cc1)[C@@H](Sc1cccc[n+]1[O-])c1ccccc1. The van der Waals surface area contributed by atoms with Crippen molar-refractivity contribution in [1.82, 2.24) is 0 Å². The number of benzene rings is 2. The van der Waals surface area contributed by atoms with Gasteiger partial charge in [-0.2, -0.15) is 4.73 Å². The van der Waals surface area contributed by atoms with Gasteiger partial charge in [0.1, 0.15) is 11.1 Å². The van der Waals surface area contributed by atoms with E-state index in [2.05, 4.69) is 5.32 Å². The second-order valence-electron chi connectivity index (χ2n) is 5.27. The Labute approximate surface area is 148 Å². The molecule has 2 aromatic carbocycles. The van der Waals surface area contributed by atoms with Crippen LogP contribution in [0.5, 0.6) is 0 Å². The van der Waals surface area contributed by atoms with Gasteiger partial charge in [0.2, 0.25) is 5.91 Å². The molecule has 0 unspecified atom stereocenters. The van der Waals surface area contributed by atoms with E-state index >= 15 is 0 Å². The van der Waals surface area contributed by atoms with Gasteiger partial charge in [0, 0.05) is 17.8 Å². The molecule has 0 saturated carbocycles. The number of amides is 1. The number of anilines is 1. The van der Waals surface area contributed by atoms with E-state index in [1.165, 1.54) is 30.5 Å². The summed E-state index contributed by atoms with van der Waals surface area (Å²) in [4.78, 5) is 12.8. The highest BCUT2D eigenvalue weighted by atomic mass is 32.2. The lowest BCUT2D eigenvalue weighted by Gasteiger charge is -2.16. The zero-order chi connectivity index (χ0) is 17.6. The molecule has 1 atom stereocenters. The van der Waals surface area contributed by atoms with E-state index in [0.717, 1.165) is 22.1 Å². The number of hydrogen-bond acceptors (Lipinski definition) is 3. The lowest BCUT2D eigenvalue weighted by atomic mass is 10.1. The van der Waals surface area contributed by atoms with Gasteiger partial charge in [-0.05, 0) is 47.7 Å². The molecule has 0 bridgehead atoms. The molecule has 3 aromatic rings. The van der Waals surface area contributed by atoms with E-state index in [9.17, 15) is 14.4 Å². The van der Waals surface area contributed by atoms with Gasteiger partial charge in [0.05, 0.1) is 0 Å². The van der Waals surface area contributed by atoms with Crippen LogP contribution in [0.25, 0.3) is 0 Å². The van der Waals surface area contributed by atoms with Crippen LogP contribution in [-0.2, 0) is 4.79 Å². The Balaban J connectivity index is 1.87. The number of rotatable bonds is 5. The Morgan fingerprint density at radius 1 is 1.00 bits per heavy atom. The minimum Gasteiger partial charge on any atom is -0.618 e. The van der Waals surface area contributed by atoms with Crippen molar-refractivity contribution in [3.05, 3.63) is 95.6 Å². The van der Waals surface area contributed by atoms with Gasteiger partial charge in [0.25, 0.3) is 5.03 Å². The minimum absolute atomic E-state index is 0.285. The number of aromatic nitrogens is 1. The molecule has 0 radical (unpaired) electrons. The predicted molar refractivity (Wildman–Crippen MR) is 95.5 cm³/mol. The van der Waals surface area contributed by atoms with E-state index in [0.29, 0.717) is 10.7 Å². The number of carbonyl (C=O) groups excluding carboxylic acids is 1. The fraction of sp³-hybridized carbons (Fsp3) is 0.0526. The fourth-order valence-corrected chi connectivity index (χ4v) is 3.29. The first kappa shape index (κ1) is 17.0. The quantitative estimate of drug-likeness (QED) is 0.429. The van der Waals surface area contributed by atoms with Crippen LogP contribution in [0.3, 0.4) is 0 Å². The molecule has 1 N–H and O–H groups in total. The second-order valence-corrected chi connectivity index (χ2v) is 6.39. The number of hydrogen-bond donors (Lipinski definition) is 1. The Morgan fingerprint density at radius 2 is 1.68 bits per heavy atom. The van der Waals surface area contributed by atoms with Crippen molar-refractivity contribution >= 4 is 23.4 Å². The average Bonchev–Trinajstić information content (AvgIpc) is 2.63. The third-order valence-corrected chi connectivity index (χ3v) is 4.76. The number of nitrogens with zero attached hydrogens (tertiary/aromatic N) is 1. The van der Waals surface area contributed by atoms with Gasteiger partial charge in [-0.1, -0.05) is 30.3 Å². The van der Waals surface area contributed by atoms with Crippen LogP contribution in [0, 0.1) is 11.0 Å². The topological polar surface area (TPSA) is 56.0 Å². The largest absolute Gasteiger partial charge is 0.618 e. The van der Waals surface area contributed by atoms with Crippen LogP contribution in [0.2, 0.25) is 0 Å². The molecule has 0 fully saturated rings. The summed E-state index contributed by atoms with van der Waals surface area (Å²) >= 11 is 1.16. The fourth-order valence-electron chi connectivity index (χ4n) is 2.27. The van der Waals surface area contributed by atoms with Crippen LogP contribution in [-0.4, -0.2) is 5.91 Å². The van der Waals surface area contributed by atoms with Crippen molar-refractivity contribution in [1.29, 1.82) is 0 Å². The van der Waals surface area contributed by atoms with Crippen molar-refractivity contribution < 1.29 is 13.9 Å². The lowest BCUT2D eigenvalue weighted by Crippen LogP contribution is -2.29. The highest BCUT2D eigenvalue weighted by molar-refractivity contribution is 8.00. The molecular weight excluding hydrogens is 339 g/mol. The Kier molecular flexibility index (Phi) is 5.30. The van der Waals surface area contributed by atoms with Gasteiger partial charge in [-0.3, -0.25) is 4.79 Å². The summed E-state index contributed by atoms with van der Waals surface area (Å²) in [5.74, 6) is -0.657. The van der Waals surface area contributed by atoms with Gasteiger partial charge < -0.3 is 10.5 Å². The molecule has 0 spiro atoms. The monoisotopic (exact) mass is 354 g/mol. The van der Waals surface area contributed by atoms with Crippen molar-refractivity contribution in [3.63, 3.8) is 0 Å². The van der Waals surface area contributed by atoms with E-state index < -0.39 is 5.25 Å². The number of thioether (sulfide) groups is 1. The summed E-state index contributed by atoms with van der Waals surface area (Å²) in [7, 11) is 0. The van der Waals surface area contributed by atoms with E-state index in [1.54, 1.807) is 18.2 Å². The Hall–Kier alpha value is -2.86. The maximum atomic E-state index is 13.0. The van der Waals surface area contributed by atoms with Crippen LogP contribution in [0.4, 0.5) is 10.1 Å². The second kappa shape index (κ2) is 7.81. The summed E-state index contributed by atoms with van der Waals surface area (Å²) < 4.78 is 13.8. The highest BCUT2D eigenvalue weighted by Crippen LogP contribution is 2.34. The van der Waals surface area contributed by atoms with Gasteiger partial charge in [-0.15, -0.1) is 0 Å². The minimum atomic E-state index is -0.617. The molecule has 1 amide bonds. The first-order valence-corrected chi connectivity index (χ1v) is 8.48. The highest BCUT2D eigenvalue weighted by Gasteiger charge is 2.25. The molecule has 6 heteroatoms. The van der Waals surface area contributed by atoms with E-state index in [-0.39, 0.29) is 11.7 Å². The molecule has 1 aromatic heterocycles. The number of halogens is 1. The van der Waals surface area contributed by atoms with Crippen molar-refractivity contribution in [2.45, 2.75) is 10.3 Å². The summed E-state index contributed by atoms with van der Waals surface area (Å²) in [5, 5.41) is 14.5. The zero-order valence-electron chi connectivity index (χ0n) is 13.1. The van der Waals surface area contributed by atoms with Crippen molar-refractivity contribution in [3.8, 4) is 0 Å². The summed E-state index contributed by atoms with van der Waals surface area (Å²) in [6.45, 7) is 0. The Morgan fingerprint density at radius 3 is 2.36 bits per heavy atom. The van der Waals surface area contributed by atoms with Crippen molar-refractivity contribution in [2.75, 3.05) is 5.32 Å². The van der Waals surface area contributed by atoms with Gasteiger partial charge in [0.15, 0.2) is 6.20 Å². The number of carbonyl (C=O) groups is 1. The predicted octanol–water partition coefficient (Wildman–Crippen LogP) is 3.93. The van der Waals surface area contributed by atoms with Crippen LogP contribution in [0.1, 0.15) is 10.8 Å². The number of nitrogens with one attached hydrogen (secondary N) is 1. The average molecular weight is 354 g/mol. The molecule has 126 valence electrons. The maximum Gasteiger partial charge on any atom is 0.252 e. The lowest BCUT2D eigenvalue weighted by molar-refractivity contribution is -0.645. The molecule has 0 aliphatic carbocycles. The first-order valence-electron chi connectivity index (χ1n) is 7.60. The van der Waals surface area contributed by atoms with Crippen LogP contribution < -0.4 is 10.0 Å². The third kappa shape index (κ3) is 4.36. The molecular formula is C19H15FN2O2S. The molecule has 0 aliphatic heterocycles. The van der Waals surface area contributed by atoms with Crippen LogP contribution >= 0.6 is 11.8 Å². The molecule has 25 heavy (non-hydrogen) atoms.